The highest BCUT2D eigenvalue weighted by Gasteiger charge is 2.53. The summed E-state index contributed by atoms with van der Waals surface area (Å²) >= 11 is 0. The van der Waals surface area contributed by atoms with Crippen LogP contribution in [0.15, 0.2) is 22.8 Å². The lowest BCUT2D eigenvalue weighted by Gasteiger charge is -2.37. The number of hydrogen-bond donors (Lipinski definition) is 0. The Morgan fingerprint density at radius 1 is 1.18 bits per heavy atom. The Hall–Kier alpha value is -1.18. The van der Waals surface area contributed by atoms with Gasteiger partial charge in [0, 0.05) is 24.2 Å². The van der Waals surface area contributed by atoms with Crippen LogP contribution >= 0.6 is 0 Å². The fourth-order valence-corrected chi connectivity index (χ4v) is 5.08. The fourth-order valence-electron chi connectivity index (χ4n) is 5.08. The van der Waals surface area contributed by atoms with Crippen LogP contribution in [0.3, 0.4) is 0 Å². The number of rotatable bonds is 1. The minimum Gasteiger partial charge on any atom is -0.299 e. The van der Waals surface area contributed by atoms with Crippen molar-refractivity contribution in [2.75, 3.05) is 0 Å². The van der Waals surface area contributed by atoms with Crippen molar-refractivity contribution in [2.24, 2.45) is 29.1 Å². The summed E-state index contributed by atoms with van der Waals surface area (Å²) in [6.07, 6.45) is 5.45. The molecule has 0 bridgehead atoms. The number of ketones is 2. The summed E-state index contributed by atoms with van der Waals surface area (Å²) in [4.78, 5) is 25.0. The summed E-state index contributed by atoms with van der Waals surface area (Å²) in [5, 5.41) is 0. The molecule has 3 aliphatic carbocycles. The highest BCUT2D eigenvalue weighted by atomic mass is 16.1. The van der Waals surface area contributed by atoms with Gasteiger partial charge < -0.3 is 0 Å². The maximum atomic E-state index is 12.8. The monoisotopic (exact) mass is 300 g/mol. The zero-order valence-electron chi connectivity index (χ0n) is 14.5. The first-order chi connectivity index (χ1) is 10.3. The molecule has 0 radical (unpaired) electrons. The lowest BCUT2D eigenvalue weighted by molar-refractivity contribution is -0.126. The van der Waals surface area contributed by atoms with E-state index >= 15 is 0 Å². The van der Waals surface area contributed by atoms with Gasteiger partial charge in [0.2, 0.25) is 0 Å². The molecule has 0 aliphatic heterocycles. The number of carbonyl (C=O) groups is 2. The van der Waals surface area contributed by atoms with E-state index in [-0.39, 0.29) is 17.1 Å². The van der Waals surface area contributed by atoms with Gasteiger partial charge in [0.25, 0.3) is 0 Å². The van der Waals surface area contributed by atoms with Gasteiger partial charge >= 0.3 is 0 Å². The lowest BCUT2D eigenvalue weighted by Crippen LogP contribution is -2.33. The van der Waals surface area contributed by atoms with E-state index in [1.807, 2.05) is 6.92 Å². The molecular formula is C20H28O2. The van der Waals surface area contributed by atoms with Crippen molar-refractivity contribution in [1.29, 1.82) is 0 Å². The van der Waals surface area contributed by atoms with Crippen LogP contribution < -0.4 is 0 Å². The summed E-state index contributed by atoms with van der Waals surface area (Å²) in [7, 11) is 0. The second-order valence-corrected chi connectivity index (χ2v) is 8.25. The zero-order valence-corrected chi connectivity index (χ0v) is 14.5. The first-order valence-electron chi connectivity index (χ1n) is 8.68. The Labute approximate surface area is 134 Å². The number of allylic oxidation sites excluding steroid dienone is 4. The topological polar surface area (TPSA) is 34.1 Å². The normalized spacial score (nSPS) is 38.8. The van der Waals surface area contributed by atoms with Crippen LogP contribution in [0.2, 0.25) is 0 Å². The Morgan fingerprint density at radius 3 is 2.50 bits per heavy atom. The number of carbonyl (C=O) groups excluding carboxylic acids is 2. The fraction of sp³-hybridized carbons (Fsp3) is 0.700. The largest absolute Gasteiger partial charge is 0.299 e. The maximum absolute atomic E-state index is 12.8. The molecule has 0 spiro atoms. The minimum absolute atomic E-state index is 0.260. The van der Waals surface area contributed by atoms with Crippen LogP contribution in [-0.4, -0.2) is 11.6 Å². The van der Waals surface area contributed by atoms with Crippen LogP contribution in [0, 0.1) is 29.1 Å². The van der Waals surface area contributed by atoms with Crippen LogP contribution in [0.1, 0.15) is 60.3 Å². The van der Waals surface area contributed by atoms with Crippen LogP contribution in [0.25, 0.3) is 0 Å². The van der Waals surface area contributed by atoms with Gasteiger partial charge in [0.05, 0.1) is 0 Å². The summed E-state index contributed by atoms with van der Waals surface area (Å²) in [5.41, 5.74) is 3.25. The Kier molecular flexibility index (Phi) is 3.70. The van der Waals surface area contributed by atoms with E-state index in [0.29, 0.717) is 30.0 Å². The molecule has 0 aromatic rings. The molecule has 4 atom stereocenters. The average Bonchev–Trinajstić information content (AvgIpc) is 2.85. The van der Waals surface area contributed by atoms with E-state index in [0.717, 1.165) is 24.8 Å². The third kappa shape index (κ3) is 2.14. The van der Waals surface area contributed by atoms with Gasteiger partial charge in [0.1, 0.15) is 5.78 Å². The van der Waals surface area contributed by atoms with Gasteiger partial charge in [0.15, 0.2) is 5.78 Å². The highest BCUT2D eigenvalue weighted by Crippen LogP contribution is 2.55. The van der Waals surface area contributed by atoms with Crippen molar-refractivity contribution in [3.05, 3.63) is 22.8 Å². The van der Waals surface area contributed by atoms with Crippen molar-refractivity contribution >= 4 is 11.6 Å². The van der Waals surface area contributed by atoms with Gasteiger partial charge in [-0.1, -0.05) is 38.0 Å². The Balaban J connectivity index is 2.08. The van der Waals surface area contributed by atoms with Crippen molar-refractivity contribution in [3.8, 4) is 0 Å². The van der Waals surface area contributed by atoms with E-state index in [4.69, 9.17) is 0 Å². The molecule has 1 saturated carbocycles. The number of Topliss-reactive ketones (excluding diaryl/α,β-unsaturated/α-hetero) is 2. The molecule has 0 aromatic heterocycles. The summed E-state index contributed by atoms with van der Waals surface area (Å²) in [6.45, 7) is 10.8. The molecule has 3 rings (SSSR count). The van der Waals surface area contributed by atoms with Crippen LogP contribution in [0.5, 0.6) is 0 Å². The van der Waals surface area contributed by atoms with Gasteiger partial charge in [-0.15, -0.1) is 0 Å². The molecule has 120 valence electrons. The molecule has 3 aliphatic rings. The summed E-state index contributed by atoms with van der Waals surface area (Å²) < 4.78 is 0. The predicted molar refractivity (Wildman–Crippen MR) is 88.4 cm³/mol. The molecular weight excluding hydrogens is 272 g/mol. The molecule has 2 heteroatoms. The molecule has 2 nitrogen and oxygen atoms in total. The standard InChI is InChI=1S/C20H28O2/c1-11(2)14-9-19(22)20(5)10-16-13(4)18(21)8-15(16)12(3)6-7-17(14)20/h6,11,14-15,17H,7-10H2,1-5H3/t14-,15-,17+,20-/m0/s1. The minimum atomic E-state index is -0.272. The smallest absolute Gasteiger partial charge is 0.159 e. The van der Waals surface area contributed by atoms with Crippen LogP contribution in [-0.2, 0) is 9.59 Å². The van der Waals surface area contributed by atoms with E-state index in [1.54, 1.807) is 0 Å². The van der Waals surface area contributed by atoms with Crippen molar-refractivity contribution < 1.29 is 9.59 Å². The SMILES string of the molecule is CC1=CC[C@@H]2[C@H](C(C)C)CC(=O)[C@@]2(C)CC2=C(C)C(=O)C[C@@H]12. The lowest BCUT2D eigenvalue weighted by atomic mass is 9.66. The Bertz CT molecular complexity index is 593. The molecule has 0 aromatic carbocycles. The highest BCUT2D eigenvalue weighted by molar-refractivity contribution is 5.99. The second-order valence-electron chi connectivity index (χ2n) is 8.25. The molecule has 0 unspecified atom stereocenters. The van der Waals surface area contributed by atoms with Gasteiger partial charge in [-0.05, 0) is 50.0 Å². The van der Waals surface area contributed by atoms with E-state index in [1.165, 1.54) is 11.1 Å². The third-order valence-corrected chi connectivity index (χ3v) is 6.76. The quantitative estimate of drug-likeness (QED) is 0.668. The molecule has 0 N–H and O–H groups in total. The molecule has 1 fully saturated rings. The molecule has 0 heterocycles. The zero-order chi connectivity index (χ0) is 16.2. The van der Waals surface area contributed by atoms with Gasteiger partial charge in [-0.25, -0.2) is 0 Å². The summed E-state index contributed by atoms with van der Waals surface area (Å²) in [5.74, 6) is 2.40. The average molecular weight is 300 g/mol. The molecule has 22 heavy (non-hydrogen) atoms. The molecule has 0 amide bonds. The van der Waals surface area contributed by atoms with Crippen molar-refractivity contribution in [3.63, 3.8) is 0 Å². The third-order valence-electron chi connectivity index (χ3n) is 6.76. The van der Waals surface area contributed by atoms with Crippen molar-refractivity contribution in [1.82, 2.24) is 0 Å². The first kappa shape index (κ1) is 15.7. The maximum Gasteiger partial charge on any atom is 0.159 e. The van der Waals surface area contributed by atoms with Gasteiger partial charge in [-0.2, -0.15) is 0 Å². The predicted octanol–water partition coefficient (Wildman–Crippen LogP) is 4.50. The van der Waals surface area contributed by atoms with E-state index in [9.17, 15) is 9.59 Å². The molecule has 0 saturated heterocycles. The summed E-state index contributed by atoms with van der Waals surface area (Å²) in [6, 6.07) is 0. The Morgan fingerprint density at radius 2 is 1.86 bits per heavy atom. The second kappa shape index (κ2) is 5.18. The van der Waals surface area contributed by atoms with Crippen molar-refractivity contribution in [2.45, 2.75) is 60.3 Å². The van der Waals surface area contributed by atoms with Gasteiger partial charge in [-0.3, -0.25) is 9.59 Å². The van der Waals surface area contributed by atoms with E-state index < -0.39 is 0 Å². The number of hydrogen-bond acceptors (Lipinski definition) is 2. The number of fused-ring (bicyclic) bond motifs is 2. The van der Waals surface area contributed by atoms with Crippen LogP contribution in [0.4, 0.5) is 0 Å². The van der Waals surface area contributed by atoms with E-state index in [2.05, 4.69) is 33.8 Å². The first-order valence-corrected chi connectivity index (χ1v) is 8.68.